The van der Waals surface area contributed by atoms with Gasteiger partial charge in [-0.15, -0.1) is 0 Å². The van der Waals surface area contributed by atoms with Gasteiger partial charge in [0.2, 0.25) is 0 Å². The van der Waals surface area contributed by atoms with E-state index < -0.39 is 0 Å². The lowest BCUT2D eigenvalue weighted by atomic mass is 9.67. The van der Waals surface area contributed by atoms with E-state index >= 15 is 0 Å². The van der Waals surface area contributed by atoms with Gasteiger partial charge in [-0.05, 0) is 49.5 Å². The fraction of sp³-hybridized carbons (Fsp3) is 1.00. The maximum Gasteiger partial charge on any atom is 0.0587 e. The summed E-state index contributed by atoms with van der Waals surface area (Å²) in [6.45, 7) is 10.2. The van der Waals surface area contributed by atoms with Gasteiger partial charge >= 0.3 is 0 Å². The molecule has 0 unspecified atom stereocenters. The second kappa shape index (κ2) is 7.38. The van der Waals surface area contributed by atoms with Crippen LogP contribution in [0.3, 0.4) is 0 Å². The van der Waals surface area contributed by atoms with Crippen LogP contribution in [0.2, 0.25) is 0 Å². The van der Waals surface area contributed by atoms with Crippen LogP contribution in [0.15, 0.2) is 0 Å². The van der Waals surface area contributed by atoms with Crippen molar-refractivity contribution in [2.24, 2.45) is 17.3 Å². The van der Waals surface area contributed by atoms with Gasteiger partial charge in [-0.2, -0.15) is 0 Å². The SMILES string of the molecule is CCC(C)(C)C1CCC(CNCCOC)CC1. The fourth-order valence-electron chi connectivity index (χ4n) is 2.92. The third kappa shape index (κ3) is 4.97. The van der Waals surface area contributed by atoms with Gasteiger partial charge in [0.1, 0.15) is 0 Å². The molecule has 2 heteroatoms. The van der Waals surface area contributed by atoms with E-state index in [0.29, 0.717) is 5.41 Å². The molecule has 2 nitrogen and oxygen atoms in total. The summed E-state index contributed by atoms with van der Waals surface area (Å²) in [6, 6.07) is 0. The number of hydrogen-bond acceptors (Lipinski definition) is 2. The Labute approximate surface area is 108 Å². The molecule has 102 valence electrons. The largest absolute Gasteiger partial charge is 0.383 e. The van der Waals surface area contributed by atoms with Crippen LogP contribution >= 0.6 is 0 Å². The van der Waals surface area contributed by atoms with Gasteiger partial charge in [-0.25, -0.2) is 0 Å². The molecule has 0 aliphatic heterocycles. The maximum atomic E-state index is 5.05. The Bertz CT molecular complexity index is 195. The first kappa shape index (κ1) is 15.0. The van der Waals surface area contributed by atoms with Gasteiger partial charge in [0.05, 0.1) is 6.61 Å². The predicted molar refractivity (Wildman–Crippen MR) is 74.3 cm³/mol. The highest BCUT2D eigenvalue weighted by Gasteiger charge is 2.31. The Kier molecular flexibility index (Phi) is 6.50. The van der Waals surface area contributed by atoms with Gasteiger partial charge in [-0.3, -0.25) is 0 Å². The Morgan fingerprint density at radius 2 is 1.82 bits per heavy atom. The van der Waals surface area contributed by atoms with Crippen molar-refractivity contribution in [1.29, 1.82) is 0 Å². The smallest absolute Gasteiger partial charge is 0.0587 e. The second-order valence-corrected chi connectivity index (χ2v) is 6.26. The summed E-state index contributed by atoms with van der Waals surface area (Å²) < 4.78 is 5.05. The van der Waals surface area contributed by atoms with E-state index in [9.17, 15) is 0 Å². The molecule has 1 saturated carbocycles. The van der Waals surface area contributed by atoms with Gasteiger partial charge in [0, 0.05) is 13.7 Å². The third-order valence-electron chi connectivity index (χ3n) is 4.78. The molecule has 17 heavy (non-hydrogen) atoms. The lowest BCUT2D eigenvalue weighted by molar-refractivity contribution is 0.126. The predicted octanol–water partition coefficient (Wildman–Crippen LogP) is 3.47. The minimum Gasteiger partial charge on any atom is -0.383 e. The molecule has 0 amide bonds. The Morgan fingerprint density at radius 3 is 2.35 bits per heavy atom. The highest BCUT2D eigenvalue weighted by Crippen LogP contribution is 2.41. The van der Waals surface area contributed by atoms with Crippen LogP contribution in [0.5, 0.6) is 0 Å². The molecule has 1 rings (SSSR count). The van der Waals surface area contributed by atoms with Crippen LogP contribution in [0.1, 0.15) is 52.9 Å². The number of rotatable bonds is 7. The van der Waals surface area contributed by atoms with Crippen molar-refractivity contribution < 1.29 is 4.74 Å². The highest BCUT2D eigenvalue weighted by molar-refractivity contribution is 4.83. The molecule has 0 heterocycles. The van der Waals surface area contributed by atoms with E-state index in [1.165, 1.54) is 38.6 Å². The molecule has 1 fully saturated rings. The topological polar surface area (TPSA) is 21.3 Å². The minimum atomic E-state index is 0.550. The number of hydrogen-bond donors (Lipinski definition) is 1. The first-order valence-corrected chi connectivity index (χ1v) is 7.29. The monoisotopic (exact) mass is 241 g/mol. The van der Waals surface area contributed by atoms with E-state index in [2.05, 4.69) is 26.1 Å². The third-order valence-corrected chi connectivity index (χ3v) is 4.78. The highest BCUT2D eigenvalue weighted by atomic mass is 16.5. The molecule has 0 atom stereocenters. The quantitative estimate of drug-likeness (QED) is 0.689. The van der Waals surface area contributed by atoms with Crippen molar-refractivity contribution in [3.05, 3.63) is 0 Å². The Hall–Kier alpha value is -0.0800. The standard InChI is InChI=1S/C15H31NO/c1-5-15(2,3)14-8-6-13(7-9-14)12-16-10-11-17-4/h13-14,16H,5-12H2,1-4H3. The lowest BCUT2D eigenvalue weighted by Crippen LogP contribution is -2.32. The summed E-state index contributed by atoms with van der Waals surface area (Å²) in [5, 5.41) is 3.50. The van der Waals surface area contributed by atoms with E-state index in [4.69, 9.17) is 4.74 Å². The molecule has 0 spiro atoms. The van der Waals surface area contributed by atoms with Crippen LogP contribution in [-0.2, 0) is 4.74 Å². The molecule has 0 aromatic rings. The molecule has 1 aliphatic rings. The van der Waals surface area contributed by atoms with Crippen molar-refractivity contribution in [2.75, 3.05) is 26.8 Å². The molecular weight excluding hydrogens is 210 g/mol. The van der Waals surface area contributed by atoms with Crippen LogP contribution in [0.4, 0.5) is 0 Å². The fourth-order valence-corrected chi connectivity index (χ4v) is 2.92. The second-order valence-electron chi connectivity index (χ2n) is 6.26. The van der Waals surface area contributed by atoms with Crippen molar-refractivity contribution >= 4 is 0 Å². The molecule has 1 aliphatic carbocycles. The summed E-state index contributed by atoms with van der Waals surface area (Å²) in [7, 11) is 1.76. The van der Waals surface area contributed by atoms with Crippen LogP contribution in [0, 0.1) is 17.3 Å². The summed E-state index contributed by atoms with van der Waals surface area (Å²) in [5.41, 5.74) is 0.550. The molecule has 0 bridgehead atoms. The zero-order valence-corrected chi connectivity index (χ0v) is 12.2. The molecule has 0 aromatic heterocycles. The van der Waals surface area contributed by atoms with Gasteiger partial charge in [0.15, 0.2) is 0 Å². The van der Waals surface area contributed by atoms with Crippen molar-refractivity contribution in [2.45, 2.75) is 52.9 Å². The molecule has 0 aromatic carbocycles. The molecular formula is C15H31NO. The average Bonchev–Trinajstić information content (AvgIpc) is 2.35. The molecule has 0 radical (unpaired) electrons. The van der Waals surface area contributed by atoms with E-state index in [-0.39, 0.29) is 0 Å². The van der Waals surface area contributed by atoms with Crippen molar-refractivity contribution in [1.82, 2.24) is 5.32 Å². The average molecular weight is 241 g/mol. The zero-order chi connectivity index (χ0) is 12.7. The molecule has 0 saturated heterocycles. The van der Waals surface area contributed by atoms with Gasteiger partial charge < -0.3 is 10.1 Å². The Morgan fingerprint density at radius 1 is 1.18 bits per heavy atom. The van der Waals surface area contributed by atoms with Crippen LogP contribution in [0.25, 0.3) is 0 Å². The number of ether oxygens (including phenoxy) is 1. The van der Waals surface area contributed by atoms with Gasteiger partial charge in [0.25, 0.3) is 0 Å². The van der Waals surface area contributed by atoms with Crippen molar-refractivity contribution in [3.63, 3.8) is 0 Å². The molecule has 1 N–H and O–H groups in total. The first-order valence-electron chi connectivity index (χ1n) is 7.29. The summed E-state index contributed by atoms with van der Waals surface area (Å²) >= 11 is 0. The lowest BCUT2D eigenvalue weighted by Gasteiger charge is -2.39. The summed E-state index contributed by atoms with van der Waals surface area (Å²) in [5.74, 6) is 1.85. The van der Waals surface area contributed by atoms with Crippen LogP contribution in [-0.4, -0.2) is 26.8 Å². The van der Waals surface area contributed by atoms with Crippen molar-refractivity contribution in [3.8, 4) is 0 Å². The van der Waals surface area contributed by atoms with E-state index in [0.717, 1.165) is 25.0 Å². The number of methoxy groups -OCH3 is 1. The minimum absolute atomic E-state index is 0.550. The maximum absolute atomic E-state index is 5.05. The number of nitrogens with one attached hydrogen (secondary N) is 1. The zero-order valence-electron chi connectivity index (χ0n) is 12.2. The van der Waals surface area contributed by atoms with Gasteiger partial charge in [-0.1, -0.05) is 27.2 Å². The summed E-state index contributed by atoms with van der Waals surface area (Å²) in [6.07, 6.45) is 6.99. The first-order chi connectivity index (χ1) is 8.10. The normalized spacial score (nSPS) is 26.1. The van der Waals surface area contributed by atoms with E-state index in [1.807, 2.05) is 0 Å². The summed E-state index contributed by atoms with van der Waals surface area (Å²) in [4.78, 5) is 0. The Balaban J connectivity index is 2.17. The van der Waals surface area contributed by atoms with Crippen LogP contribution < -0.4 is 5.32 Å². The van der Waals surface area contributed by atoms with E-state index in [1.54, 1.807) is 7.11 Å².